The Morgan fingerprint density at radius 1 is 1.03 bits per heavy atom. The number of hydrogen-bond donors (Lipinski definition) is 0. The lowest BCUT2D eigenvalue weighted by Crippen LogP contribution is -2.34. The molecule has 0 aliphatic heterocycles. The van der Waals surface area contributed by atoms with Gasteiger partial charge in [0.05, 0.1) is 12.7 Å². The van der Waals surface area contributed by atoms with Crippen LogP contribution in [0.15, 0.2) is 63.8 Å². The van der Waals surface area contributed by atoms with Gasteiger partial charge in [0.2, 0.25) is 0 Å². The van der Waals surface area contributed by atoms with Crippen molar-refractivity contribution in [1.82, 2.24) is 4.67 Å². The summed E-state index contributed by atoms with van der Waals surface area (Å²) >= 11 is 0. The molecule has 34 heavy (non-hydrogen) atoms. The standard InChI is InChI=1S/C26H31N2O5P/c1-19(2)28(20(3)4)34(31-16-8-7-15-27)33-24-10-6-5-9-23(24)30-18-21-11-12-22-13-14-26(29)32-25(22)17-21/h5-6,9-14,17,19-20H,7-8,16,18H2,1-4H3. The Kier molecular flexibility index (Phi) is 9.47. The third-order valence-corrected chi connectivity index (χ3v) is 7.05. The molecule has 0 aliphatic carbocycles. The van der Waals surface area contributed by atoms with Crippen molar-refractivity contribution in [3.05, 3.63) is 70.6 Å². The Morgan fingerprint density at radius 3 is 2.44 bits per heavy atom. The number of ether oxygens (including phenoxy) is 1. The van der Waals surface area contributed by atoms with E-state index in [-0.39, 0.29) is 24.3 Å². The first-order valence-electron chi connectivity index (χ1n) is 11.4. The molecule has 1 heterocycles. The first-order chi connectivity index (χ1) is 16.4. The van der Waals surface area contributed by atoms with Crippen LogP contribution in [0.25, 0.3) is 11.0 Å². The van der Waals surface area contributed by atoms with Crippen LogP contribution >= 0.6 is 8.53 Å². The summed E-state index contributed by atoms with van der Waals surface area (Å²) in [4.78, 5) is 11.5. The average molecular weight is 483 g/mol. The second-order valence-corrected chi connectivity index (χ2v) is 9.73. The van der Waals surface area contributed by atoms with E-state index in [0.29, 0.717) is 36.5 Å². The van der Waals surface area contributed by atoms with Crippen molar-refractivity contribution in [2.24, 2.45) is 0 Å². The van der Waals surface area contributed by atoms with E-state index in [1.807, 2.05) is 42.5 Å². The molecule has 1 aromatic heterocycles. The summed E-state index contributed by atoms with van der Waals surface area (Å²) in [6.45, 7) is 9.17. The SMILES string of the molecule is CC(C)N(C(C)C)P(OCCCC#N)Oc1ccccc1OCc1ccc2ccc(=O)oc2c1. The second-order valence-electron chi connectivity index (χ2n) is 8.35. The smallest absolute Gasteiger partial charge is 0.336 e. The van der Waals surface area contributed by atoms with Gasteiger partial charge in [0, 0.05) is 30.0 Å². The quantitative estimate of drug-likeness (QED) is 0.167. The molecule has 2 aromatic carbocycles. The van der Waals surface area contributed by atoms with Gasteiger partial charge in [-0.2, -0.15) is 5.26 Å². The van der Waals surface area contributed by atoms with Crippen LogP contribution in [0.4, 0.5) is 0 Å². The number of benzene rings is 2. The molecule has 1 atom stereocenters. The largest absolute Gasteiger partial charge is 0.485 e. The molecule has 1 unspecified atom stereocenters. The average Bonchev–Trinajstić information content (AvgIpc) is 2.80. The van der Waals surface area contributed by atoms with Gasteiger partial charge in [-0.05, 0) is 63.9 Å². The molecule has 0 aliphatic rings. The molecule has 0 amide bonds. The topological polar surface area (TPSA) is 84.9 Å². The molecule has 7 nitrogen and oxygen atoms in total. The molecule has 0 bridgehead atoms. The van der Waals surface area contributed by atoms with Crippen LogP contribution in [0.3, 0.4) is 0 Å². The summed E-state index contributed by atoms with van der Waals surface area (Å²) < 4.78 is 26.1. The van der Waals surface area contributed by atoms with Gasteiger partial charge >= 0.3 is 14.2 Å². The van der Waals surface area contributed by atoms with Crippen molar-refractivity contribution >= 4 is 19.5 Å². The van der Waals surface area contributed by atoms with Gasteiger partial charge in [-0.3, -0.25) is 0 Å². The Morgan fingerprint density at radius 2 is 1.74 bits per heavy atom. The van der Waals surface area contributed by atoms with Crippen LogP contribution in [0.2, 0.25) is 0 Å². The zero-order valence-corrected chi connectivity index (χ0v) is 21.0. The highest BCUT2D eigenvalue weighted by Gasteiger charge is 2.29. The number of rotatable bonds is 12. The highest BCUT2D eigenvalue weighted by molar-refractivity contribution is 7.45. The van der Waals surface area contributed by atoms with Crippen LogP contribution < -0.4 is 14.9 Å². The summed E-state index contributed by atoms with van der Waals surface area (Å²) in [6, 6.07) is 18.9. The number of hydrogen-bond acceptors (Lipinski definition) is 7. The third-order valence-electron chi connectivity index (χ3n) is 4.99. The van der Waals surface area contributed by atoms with Crippen LogP contribution in [0.5, 0.6) is 11.5 Å². The maximum atomic E-state index is 11.5. The first-order valence-corrected chi connectivity index (χ1v) is 12.5. The molecule has 8 heteroatoms. The predicted octanol–water partition coefficient (Wildman–Crippen LogP) is 6.42. The molecule has 3 rings (SSSR count). The van der Waals surface area contributed by atoms with E-state index in [4.69, 9.17) is 23.5 Å². The summed E-state index contributed by atoms with van der Waals surface area (Å²) in [6.07, 6.45) is 1.09. The lowest BCUT2D eigenvalue weighted by molar-refractivity contribution is 0.212. The van der Waals surface area contributed by atoms with Crippen molar-refractivity contribution in [3.8, 4) is 17.6 Å². The lowest BCUT2D eigenvalue weighted by atomic mass is 10.1. The van der Waals surface area contributed by atoms with Gasteiger partial charge in [0.25, 0.3) is 0 Å². The first kappa shape index (κ1) is 25.7. The zero-order chi connectivity index (χ0) is 24.5. The molecule has 3 aromatic rings. The van der Waals surface area contributed by atoms with Gasteiger partial charge in [0.1, 0.15) is 12.2 Å². The second kappa shape index (κ2) is 12.5. The van der Waals surface area contributed by atoms with E-state index < -0.39 is 8.53 Å². The van der Waals surface area contributed by atoms with Crippen molar-refractivity contribution in [2.45, 2.75) is 59.2 Å². The maximum absolute atomic E-state index is 11.5. The fourth-order valence-electron chi connectivity index (χ4n) is 3.49. The normalized spacial score (nSPS) is 12.3. The third kappa shape index (κ3) is 7.04. The summed E-state index contributed by atoms with van der Waals surface area (Å²) in [5.74, 6) is 1.19. The molecule has 0 saturated carbocycles. The minimum Gasteiger partial charge on any atom is -0.485 e. The highest BCUT2D eigenvalue weighted by Crippen LogP contribution is 2.48. The monoisotopic (exact) mass is 482 g/mol. The molecule has 0 N–H and O–H groups in total. The molecule has 180 valence electrons. The summed E-state index contributed by atoms with van der Waals surface area (Å²) in [5, 5.41) is 9.69. The number of nitrogens with zero attached hydrogens (tertiary/aromatic N) is 2. The minimum atomic E-state index is -1.41. The molecule has 0 spiro atoms. The van der Waals surface area contributed by atoms with E-state index in [1.165, 1.54) is 6.07 Å². The van der Waals surface area contributed by atoms with Crippen LogP contribution in [0, 0.1) is 11.3 Å². The van der Waals surface area contributed by atoms with Crippen molar-refractivity contribution in [1.29, 1.82) is 5.26 Å². The van der Waals surface area contributed by atoms with Gasteiger partial charge < -0.3 is 18.2 Å². The molecule has 0 radical (unpaired) electrons. The fourth-order valence-corrected chi connectivity index (χ4v) is 5.13. The molecular formula is C26H31N2O5P. The van der Waals surface area contributed by atoms with Crippen LogP contribution in [0.1, 0.15) is 46.1 Å². The van der Waals surface area contributed by atoms with E-state index in [2.05, 4.69) is 38.4 Å². The molecule has 0 saturated heterocycles. The van der Waals surface area contributed by atoms with Gasteiger partial charge in [-0.15, -0.1) is 0 Å². The van der Waals surface area contributed by atoms with Gasteiger partial charge in [-0.1, -0.05) is 24.3 Å². The number of nitriles is 1. The Hall–Kier alpha value is -2.91. The van der Waals surface area contributed by atoms with Crippen molar-refractivity contribution in [2.75, 3.05) is 6.61 Å². The van der Waals surface area contributed by atoms with Gasteiger partial charge in [0.15, 0.2) is 11.5 Å². The van der Waals surface area contributed by atoms with Crippen LogP contribution in [-0.2, 0) is 11.1 Å². The summed E-state index contributed by atoms with van der Waals surface area (Å²) in [5.41, 5.74) is 1.02. The van der Waals surface area contributed by atoms with Gasteiger partial charge in [-0.25, -0.2) is 9.46 Å². The van der Waals surface area contributed by atoms with E-state index >= 15 is 0 Å². The molecule has 0 fully saturated rings. The number of fused-ring (bicyclic) bond motifs is 1. The number of unbranched alkanes of at least 4 members (excludes halogenated alkanes) is 1. The Labute approximate surface area is 201 Å². The van der Waals surface area contributed by atoms with E-state index in [9.17, 15) is 4.79 Å². The van der Waals surface area contributed by atoms with Crippen LogP contribution in [-0.4, -0.2) is 23.4 Å². The zero-order valence-electron chi connectivity index (χ0n) is 20.1. The number of para-hydroxylation sites is 2. The van der Waals surface area contributed by atoms with Crippen molar-refractivity contribution in [3.63, 3.8) is 0 Å². The predicted molar refractivity (Wildman–Crippen MR) is 134 cm³/mol. The Bertz CT molecular complexity index is 1160. The molecular weight excluding hydrogens is 451 g/mol. The van der Waals surface area contributed by atoms with Crippen molar-refractivity contribution < 1.29 is 18.2 Å². The minimum absolute atomic E-state index is 0.211. The fraction of sp³-hybridized carbons (Fsp3) is 0.385. The highest BCUT2D eigenvalue weighted by atomic mass is 31.2. The van der Waals surface area contributed by atoms with E-state index in [0.717, 1.165) is 10.9 Å². The summed E-state index contributed by atoms with van der Waals surface area (Å²) in [7, 11) is -1.41. The Balaban J connectivity index is 1.77. The maximum Gasteiger partial charge on any atom is 0.336 e. The van der Waals surface area contributed by atoms with E-state index in [1.54, 1.807) is 6.07 Å². The lowest BCUT2D eigenvalue weighted by Gasteiger charge is -2.35.